The number of alkyl halides is 3. The summed E-state index contributed by atoms with van der Waals surface area (Å²) in [5.74, 6) is -0.194. The number of nitrogens with one attached hydrogen (secondary N) is 1. The van der Waals surface area contributed by atoms with Crippen molar-refractivity contribution < 1.29 is 18.0 Å². The summed E-state index contributed by atoms with van der Waals surface area (Å²) in [7, 11) is 0. The zero-order valence-corrected chi connectivity index (χ0v) is 14.9. The lowest BCUT2D eigenvalue weighted by Gasteiger charge is -2.32. The first-order valence-electron chi connectivity index (χ1n) is 8.99. The number of likely N-dealkylation sites (tertiary alicyclic amines) is 1. The Hall–Kier alpha value is -2.41. The first-order valence-corrected chi connectivity index (χ1v) is 8.99. The molecule has 1 amide bonds. The van der Waals surface area contributed by atoms with Gasteiger partial charge in [-0.05, 0) is 55.6 Å². The second kappa shape index (κ2) is 8.52. The van der Waals surface area contributed by atoms with Gasteiger partial charge in [0.05, 0.1) is 11.3 Å². The summed E-state index contributed by atoms with van der Waals surface area (Å²) in [4.78, 5) is 18.9. The molecular formula is C20H22F3N3O. The Bertz CT molecular complexity index is 765. The molecular weight excluding hydrogens is 355 g/mol. The number of halogens is 3. The molecule has 1 atom stereocenters. The van der Waals surface area contributed by atoms with Crippen molar-refractivity contribution in [1.29, 1.82) is 0 Å². The summed E-state index contributed by atoms with van der Waals surface area (Å²) in [5.41, 5.74) is 0.228. The van der Waals surface area contributed by atoms with Crippen LogP contribution in [0, 0.1) is 5.92 Å². The van der Waals surface area contributed by atoms with E-state index in [9.17, 15) is 18.0 Å². The highest BCUT2D eigenvalue weighted by molar-refractivity contribution is 5.94. The normalized spacial score (nSPS) is 18.3. The van der Waals surface area contributed by atoms with Crippen LogP contribution < -0.4 is 5.32 Å². The number of benzene rings is 1. The van der Waals surface area contributed by atoms with E-state index in [1.54, 1.807) is 6.20 Å². The monoisotopic (exact) mass is 377 g/mol. The van der Waals surface area contributed by atoms with Crippen LogP contribution in [-0.4, -0.2) is 35.4 Å². The highest BCUT2D eigenvalue weighted by Crippen LogP contribution is 2.29. The van der Waals surface area contributed by atoms with Crippen LogP contribution in [0.3, 0.4) is 0 Å². The van der Waals surface area contributed by atoms with Gasteiger partial charge in [0.25, 0.3) is 5.91 Å². The van der Waals surface area contributed by atoms with Crippen molar-refractivity contribution in [1.82, 2.24) is 15.2 Å². The Kier molecular flexibility index (Phi) is 6.11. The molecule has 7 heteroatoms. The summed E-state index contributed by atoms with van der Waals surface area (Å²) < 4.78 is 38.4. The number of amides is 1. The molecule has 1 N–H and O–H groups in total. The Morgan fingerprint density at radius 2 is 2.07 bits per heavy atom. The van der Waals surface area contributed by atoms with Crippen molar-refractivity contribution in [3.63, 3.8) is 0 Å². The van der Waals surface area contributed by atoms with Gasteiger partial charge in [-0.2, -0.15) is 13.2 Å². The molecule has 1 aliphatic heterocycles. The highest BCUT2D eigenvalue weighted by Gasteiger charge is 2.31. The number of carbonyl (C=O) groups excluding carboxylic acids is 1. The molecule has 1 aliphatic rings. The third-order valence-electron chi connectivity index (χ3n) is 4.72. The molecule has 2 aromatic rings. The molecule has 1 saturated heterocycles. The number of nitrogens with zero attached hydrogens (tertiary/aromatic N) is 2. The molecule has 1 unspecified atom stereocenters. The van der Waals surface area contributed by atoms with Gasteiger partial charge in [-0.1, -0.05) is 12.1 Å². The maximum Gasteiger partial charge on any atom is 0.416 e. The summed E-state index contributed by atoms with van der Waals surface area (Å²) in [5, 5.41) is 2.78. The van der Waals surface area contributed by atoms with Gasteiger partial charge in [0, 0.05) is 31.4 Å². The number of hydrogen-bond donors (Lipinski definition) is 1. The fourth-order valence-electron chi connectivity index (χ4n) is 3.36. The molecule has 1 fully saturated rings. The Morgan fingerprint density at radius 1 is 1.22 bits per heavy atom. The number of hydrogen-bond acceptors (Lipinski definition) is 3. The van der Waals surface area contributed by atoms with Crippen LogP contribution in [0.2, 0.25) is 0 Å². The van der Waals surface area contributed by atoms with Gasteiger partial charge in [0.15, 0.2) is 0 Å². The van der Waals surface area contributed by atoms with Gasteiger partial charge >= 0.3 is 6.18 Å². The maximum absolute atomic E-state index is 12.8. The quantitative estimate of drug-likeness (QED) is 0.863. The topological polar surface area (TPSA) is 45.2 Å². The molecule has 1 aromatic carbocycles. The SMILES string of the molecule is O=C(NCC1CCCN(Cc2ccccn2)C1)c1cccc(C(F)(F)F)c1. The van der Waals surface area contributed by atoms with Crippen molar-refractivity contribution in [2.45, 2.75) is 25.6 Å². The molecule has 0 spiro atoms. The lowest BCUT2D eigenvalue weighted by molar-refractivity contribution is -0.137. The Morgan fingerprint density at radius 3 is 2.81 bits per heavy atom. The van der Waals surface area contributed by atoms with E-state index in [2.05, 4.69) is 15.2 Å². The van der Waals surface area contributed by atoms with Crippen molar-refractivity contribution in [3.8, 4) is 0 Å². The fraction of sp³-hybridized carbons (Fsp3) is 0.400. The van der Waals surface area contributed by atoms with E-state index >= 15 is 0 Å². The van der Waals surface area contributed by atoms with E-state index in [0.29, 0.717) is 6.54 Å². The molecule has 0 saturated carbocycles. The van der Waals surface area contributed by atoms with E-state index in [0.717, 1.165) is 50.3 Å². The van der Waals surface area contributed by atoms with E-state index in [1.165, 1.54) is 12.1 Å². The zero-order valence-electron chi connectivity index (χ0n) is 14.9. The van der Waals surface area contributed by atoms with Gasteiger partial charge in [0.1, 0.15) is 0 Å². The lowest BCUT2D eigenvalue weighted by atomic mass is 9.97. The van der Waals surface area contributed by atoms with Crippen molar-refractivity contribution in [2.75, 3.05) is 19.6 Å². The Labute approximate surface area is 156 Å². The highest BCUT2D eigenvalue weighted by atomic mass is 19.4. The molecule has 3 rings (SSSR count). The largest absolute Gasteiger partial charge is 0.416 e. The second-order valence-corrected chi connectivity index (χ2v) is 6.85. The summed E-state index contributed by atoms with van der Waals surface area (Å²) >= 11 is 0. The van der Waals surface area contributed by atoms with Gasteiger partial charge < -0.3 is 5.32 Å². The third-order valence-corrected chi connectivity index (χ3v) is 4.72. The molecule has 27 heavy (non-hydrogen) atoms. The molecule has 1 aromatic heterocycles. The standard InChI is InChI=1S/C20H22F3N3O/c21-20(22,23)17-7-3-6-16(11-17)19(27)25-12-15-5-4-10-26(13-15)14-18-8-1-2-9-24-18/h1-3,6-9,11,15H,4-5,10,12-14H2,(H,25,27). The number of carbonyl (C=O) groups is 1. The van der Waals surface area contributed by atoms with E-state index in [4.69, 9.17) is 0 Å². The van der Waals surface area contributed by atoms with Crippen LogP contribution in [0.1, 0.15) is 34.5 Å². The molecule has 0 radical (unpaired) electrons. The predicted octanol–water partition coefficient (Wildman–Crippen LogP) is 3.74. The zero-order chi connectivity index (χ0) is 19.3. The first kappa shape index (κ1) is 19.4. The summed E-state index contributed by atoms with van der Waals surface area (Å²) in [6, 6.07) is 10.3. The third kappa shape index (κ3) is 5.53. The van der Waals surface area contributed by atoms with Crippen molar-refractivity contribution in [3.05, 3.63) is 65.5 Å². The molecule has 0 aliphatic carbocycles. The van der Waals surface area contributed by atoms with E-state index in [1.807, 2.05) is 18.2 Å². The van der Waals surface area contributed by atoms with Gasteiger partial charge in [-0.3, -0.25) is 14.7 Å². The molecule has 144 valence electrons. The van der Waals surface area contributed by atoms with Crippen LogP contribution in [0.4, 0.5) is 13.2 Å². The molecule has 4 nitrogen and oxygen atoms in total. The Balaban J connectivity index is 1.53. The summed E-state index contributed by atoms with van der Waals surface area (Å²) in [6.45, 7) is 3.03. The van der Waals surface area contributed by atoms with E-state index in [-0.39, 0.29) is 11.5 Å². The van der Waals surface area contributed by atoms with Crippen molar-refractivity contribution >= 4 is 5.91 Å². The van der Waals surface area contributed by atoms with Crippen molar-refractivity contribution in [2.24, 2.45) is 5.92 Å². The van der Waals surface area contributed by atoms with Crippen LogP contribution >= 0.6 is 0 Å². The average molecular weight is 377 g/mol. The maximum atomic E-state index is 12.8. The number of rotatable bonds is 5. The summed E-state index contributed by atoms with van der Waals surface area (Å²) in [6.07, 6.45) is -0.670. The van der Waals surface area contributed by atoms with Gasteiger partial charge in [0.2, 0.25) is 0 Å². The lowest BCUT2D eigenvalue weighted by Crippen LogP contribution is -2.40. The van der Waals surface area contributed by atoms with Crippen LogP contribution in [0.5, 0.6) is 0 Å². The molecule has 0 bridgehead atoms. The average Bonchev–Trinajstić information content (AvgIpc) is 2.67. The number of aromatic nitrogens is 1. The second-order valence-electron chi connectivity index (χ2n) is 6.85. The smallest absolute Gasteiger partial charge is 0.352 e. The van der Waals surface area contributed by atoms with Crippen LogP contribution in [0.25, 0.3) is 0 Å². The van der Waals surface area contributed by atoms with Gasteiger partial charge in [-0.15, -0.1) is 0 Å². The molecule has 2 heterocycles. The predicted molar refractivity (Wildman–Crippen MR) is 96.0 cm³/mol. The van der Waals surface area contributed by atoms with Crippen LogP contribution in [-0.2, 0) is 12.7 Å². The number of pyridine rings is 1. The first-order chi connectivity index (χ1) is 12.9. The fourth-order valence-corrected chi connectivity index (χ4v) is 3.36. The van der Waals surface area contributed by atoms with Gasteiger partial charge in [-0.25, -0.2) is 0 Å². The minimum atomic E-state index is -4.45. The minimum absolute atomic E-state index is 0.0333. The van der Waals surface area contributed by atoms with E-state index < -0.39 is 17.6 Å². The number of piperidine rings is 1. The minimum Gasteiger partial charge on any atom is -0.352 e. The van der Waals surface area contributed by atoms with Crippen LogP contribution in [0.15, 0.2) is 48.7 Å².